The summed E-state index contributed by atoms with van der Waals surface area (Å²) in [7, 11) is 0. The molecule has 0 aliphatic carbocycles. The van der Waals surface area contributed by atoms with Gasteiger partial charge >= 0.3 is 6.09 Å². The van der Waals surface area contributed by atoms with E-state index in [1.807, 2.05) is 30.3 Å². The smallest absolute Gasteiger partial charge is 0.408 e. The maximum Gasteiger partial charge on any atom is 0.408 e. The summed E-state index contributed by atoms with van der Waals surface area (Å²) in [5, 5.41) is 3.13. The lowest BCUT2D eigenvalue weighted by atomic mass is 10.1. The Hall–Kier alpha value is -2.44. The van der Waals surface area contributed by atoms with Crippen LogP contribution in [0.2, 0.25) is 5.02 Å². The quantitative estimate of drug-likeness (QED) is 0.738. The predicted molar refractivity (Wildman–Crippen MR) is 103 cm³/mol. The number of pyridine rings is 1. The van der Waals surface area contributed by atoms with Crippen molar-refractivity contribution in [1.82, 2.24) is 15.2 Å². The molecule has 0 spiro atoms. The lowest BCUT2D eigenvalue weighted by Gasteiger charge is -2.23. The van der Waals surface area contributed by atoms with Crippen molar-refractivity contribution in [2.45, 2.75) is 25.5 Å². The molecule has 7 heteroatoms. The maximum absolute atomic E-state index is 12.9. The molecule has 1 amide bonds. The average Bonchev–Trinajstić information content (AvgIpc) is 3.19. The summed E-state index contributed by atoms with van der Waals surface area (Å²) < 4.78 is 5.27. The van der Waals surface area contributed by atoms with Gasteiger partial charge in [0.15, 0.2) is 0 Å². The molecule has 0 bridgehead atoms. The molecule has 1 aromatic heterocycles. The maximum atomic E-state index is 12.9. The number of nitrogens with one attached hydrogen (secondary N) is 1. The highest BCUT2D eigenvalue weighted by atomic mass is 35.5. The van der Waals surface area contributed by atoms with Gasteiger partial charge in [-0.2, -0.15) is 0 Å². The summed E-state index contributed by atoms with van der Waals surface area (Å²) in [6, 6.07) is 11.8. The van der Waals surface area contributed by atoms with Crippen molar-refractivity contribution in [2.24, 2.45) is 0 Å². The van der Waals surface area contributed by atoms with Gasteiger partial charge in [-0.1, -0.05) is 41.9 Å². The first kappa shape index (κ1) is 19.3. The van der Waals surface area contributed by atoms with Crippen LogP contribution >= 0.6 is 11.6 Å². The third-order valence-electron chi connectivity index (χ3n) is 4.44. The first-order valence-electron chi connectivity index (χ1n) is 8.97. The lowest BCUT2D eigenvalue weighted by molar-refractivity contribution is 0.0885. The number of hydrogen-bond donors (Lipinski definition) is 1. The fourth-order valence-electron chi connectivity index (χ4n) is 3.04. The zero-order chi connectivity index (χ0) is 19.1. The van der Waals surface area contributed by atoms with Crippen molar-refractivity contribution < 1.29 is 14.3 Å². The van der Waals surface area contributed by atoms with Gasteiger partial charge in [-0.25, -0.2) is 4.79 Å². The molecular formula is C20H22ClN3O3. The Morgan fingerprint density at radius 2 is 1.93 bits per heavy atom. The van der Waals surface area contributed by atoms with E-state index in [1.54, 1.807) is 6.07 Å². The van der Waals surface area contributed by atoms with E-state index in [1.165, 1.54) is 12.3 Å². The molecule has 1 saturated heterocycles. The first-order valence-corrected chi connectivity index (χ1v) is 9.35. The second-order valence-electron chi connectivity index (χ2n) is 6.49. The van der Waals surface area contributed by atoms with Gasteiger partial charge in [0, 0.05) is 17.8 Å². The summed E-state index contributed by atoms with van der Waals surface area (Å²) in [4.78, 5) is 31.4. The number of carbonyl (C=O) groups is 2. The number of amides is 1. The molecule has 1 N–H and O–H groups in total. The fourth-order valence-corrected chi connectivity index (χ4v) is 3.20. The Morgan fingerprint density at radius 1 is 1.19 bits per heavy atom. The largest absolute Gasteiger partial charge is 0.445 e. The van der Waals surface area contributed by atoms with E-state index < -0.39 is 12.1 Å². The van der Waals surface area contributed by atoms with E-state index in [9.17, 15) is 9.59 Å². The van der Waals surface area contributed by atoms with Crippen LogP contribution in [0.15, 0.2) is 48.7 Å². The molecule has 1 fully saturated rings. The van der Waals surface area contributed by atoms with Gasteiger partial charge in [0.1, 0.15) is 18.3 Å². The van der Waals surface area contributed by atoms with Crippen LogP contribution in [0.3, 0.4) is 0 Å². The summed E-state index contributed by atoms with van der Waals surface area (Å²) in [6.45, 7) is 2.39. The average molecular weight is 388 g/mol. The minimum Gasteiger partial charge on any atom is -0.445 e. The Morgan fingerprint density at radius 3 is 2.63 bits per heavy atom. The number of ether oxygens (including phenoxy) is 1. The highest BCUT2D eigenvalue weighted by Gasteiger charge is 2.27. The topological polar surface area (TPSA) is 71.5 Å². The molecule has 1 aromatic carbocycles. The summed E-state index contributed by atoms with van der Waals surface area (Å²) >= 11 is 5.97. The molecule has 0 radical (unpaired) electrons. The summed E-state index contributed by atoms with van der Waals surface area (Å²) in [5.74, 6) is -0.277. The normalized spacial score (nSPS) is 15.3. The van der Waals surface area contributed by atoms with E-state index in [2.05, 4.69) is 15.2 Å². The van der Waals surface area contributed by atoms with Crippen LogP contribution in [0.4, 0.5) is 4.79 Å². The molecule has 2 heterocycles. The molecule has 0 saturated carbocycles. The van der Waals surface area contributed by atoms with Gasteiger partial charge in [-0.15, -0.1) is 0 Å². The second-order valence-corrected chi connectivity index (χ2v) is 6.93. The molecule has 142 valence electrons. The number of halogens is 1. The van der Waals surface area contributed by atoms with Crippen molar-refractivity contribution in [1.29, 1.82) is 0 Å². The number of alkyl carbamates (subject to hydrolysis) is 1. The zero-order valence-electron chi connectivity index (χ0n) is 14.9. The van der Waals surface area contributed by atoms with Gasteiger partial charge in [0.05, 0.1) is 0 Å². The van der Waals surface area contributed by atoms with E-state index in [0.717, 1.165) is 31.5 Å². The monoisotopic (exact) mass is 387 g/mol. The molecule has 1 atom stereocenters. The molecule has 6 nitrogen and oxygen atoms in total. The van der Waals surface area contributed by atoms with E-state index >= 15 is 0 Å². The molecular weight excluding hydrogens is 366 g/mol. The number of aromatic nitrogens is 1. The van der Waals surface area contributed by atoms with Crippen LogP contribution in [-0.4, -0.2) is 47.4 Å². The van der Waals surface area contributed by atoms with Crippen molar-refractivity contribution in [3.05, 3.63) is 64.9 Å². The predicted octanol–water partition coefficient (Wildman–Crippen LogP) is 3.31. The van der Waals surface area contributed by atoms with Crippen LogP contribution < -0.4 is 5.32 Å². The number of benzene rings is 1. The van der Waals surface area contributed by atoms with Gasteiger partial charge in [-0.3, -0.25) is 9.78 Å². The first-order chi connectivity index (χ1) is 13.1. The van der Waals surface area contributed by atoms with Gasteiger partial charge in [0.25, 0.3) is 0 Å². The number of nitrogens with zero attached hydrogens (tertiary/aromatic N) is 2. The third-order valence-corrected chi connectivity index (χ3v) is 4.67. The van der Waals surface area contributed by atoms with Crippen LogP contribution in [0.5, 0.6) is 0 Å². The number of rotatable bonds is 7. The highest BCUT2D eigenvalue weighted by molar-refractivity contribution is 6.30. The fraction of sp³-hybridized carbons (Fsp3) is 0.350. The van der Waals surface area contributed by atoms with Crippen LogP contribution in [0.25, 0.3) is 0 Å². The Labute approximate surface area is 163 Å². The minimum atomic E-state index is -0.739. The molecule has 1 aliphatic rings. The summed E-state index contributed by atoms with van der Waals surface area (Å²) in [6.07, 6.45) is 3.04. The van der Waals surface area contributed by atoms with Crippen LogP contribution in [0.1, 0.15) is 28.9 Å². The number of likely N-dealkylation sites (tertiary alicyclic amines) is 1. The Bertz CT molecular complexity index is 779. The third kappa shape index (κ3) is 5.77. The van der Waals surface area contributed by atoms with Crippen molar-refractivity contribution in [2.75, 3.05) is 19.6 Å². The van der Waals surface area contributed by atoms with Gasteiger partial charge in [-0.05, 0) is 43.6 Å². The molecule has 27 heavy (non-hydrogen) atoms. The Kier molecular flexibility index (Phi) is 6.79. The standard InChI is InChI=1S/C20H22ClN3O3/c21-16-8-9-22-17(12-16)19(25)18(13-24-10-4-5-11-24)23-20(26)27-14-15-6-2-1-3-7-15/h1-3,6-9,12,18H,4-5,10-11,13-14H2,(H,23,26)/t18-/m1/s1. The Balaban J connectivity index is 1.65. The van der Waals surface area contributed by atoms with Crippen molar-refractivity contribution >= 4 is 23.5 Å². The summed E-state index contributed by atoms with van der Waals surface area (Å²) in [5.41, 5.74) is 1.11. The van der Waals surface area contributed by atoms with Crippen molar-refractivity contribution in [3.63, 3.8) is 0 Å². The van der Waals surface area contributed by atoms with Crippen molar-refractivity contribution in [3.8, 4) is 0 Å². The van der Waals surface area contributed by atoms with Gasteiger partial charge in [0.2, 0.25) is 5.78 Å². The highest BCUT2D eigenvalue weighted by Crippen LogP contribution is 2.13. The SMILES string of the molecule is O=C(N[C@H](CN1CCCC1)C(=O)c1cc(Cl)ccn1)OCc1ccccc1. The minimum absolute atomic E-state index is 0.146. The number of ketones is 1. The zero-order valence-corrected chi connectivity index (χ0v) is 15.7. The van der Waals surface area contributed by atoms with E-state index in [0.29, 0.717) is 11.6 Å². The van der Waals surface area contributed by atoms with E-state index in [-0.39, 0.29) is 18.1 Å². The molecule has 0 unspecified atom stereocenters. The molecule has 3 rings (SSSR count). The van der Waals surface area contributed by atoms with Crippen LogP contribution in [0, 0.1) is 0 Å². The molecule has 2 aromatic rings. The van der Waals surface area contributed by atoms with Gasteiger partial charge < -0.3 is 15.0 Å². The van der Waals surface area contributed by atoms with E-state index in [4.69, 9.17) is 16.3 Å². The number of hydrogen-bond acceptors (Lipinski definition) is 5. The number of carbonyl (C=O) groups excluding carboxylic acids is 2. The number of Topliss-reactive ketones (excluding diaryl/α,β-unsaturated/α-hetero) is 1. The molecule has 1 aliphatic heterocycles. The lowest BCUT2D eigenvalue weighted by Crippen LogP contribution is -2.48. The second kappa shape index (κ2) is 9.48. The van der Waals surface area contributed by atoms with Crippen LogP contribution in [-0.2, 0) is 11.3 Å².